The number of halogens is 1. The number of hydrogen-bond acceptors (Lipinski definition) is 4. The predicted molar refractivity (Wildman–Crippen MR) is 137 cm³/mol. The summed E-state index contributed by atoms with van der Waals surface area (Å²) in [5.74, 6) is 0.284. The monoisotopic (exact) mass is 493 g/mol. The van der Waals surface area contributed by atoms with Crippen molar-refractivity contribution >= 4 is 34.8 Å². The molecule has 1 aromatic heterocycles. The highest BCUT2D eigenvalue weighted by Crippen LogP contribution is 2.30. The van der Waals surface area contributed by atoms with E-state index in [4.69, 9.17) is 11.6 Å². The Bertz CT molecular complexity index is 1190. The third-order valence-corrected chi connectivity index (χ3v) is 7.88. The quantitative estimate of drug-likeness (QED) is 0.477. The van der Waals surface area contributed by atoms with Crippen LogP contribution in [0.4, 0.5) is 0 Å². The number of amides is 2. The highest BCUT2D eigenvalue weighted by molar-refractivity contribution is 7.15. The Hall–Kier alpha value is -2.67. The molecule has 2 saturated heterocycles. The van der Waals surface area contributed by atoms with Gasteiger partial charge in [0, 0.05) is 72.6 Å². The van der Waals surface area contributed by atoms with E-state index in [-0.39, 0.29) is 11.8 Å². The Balaban J connectivity index is 1.15. The second kappa shape index (κ2) is 10.3. The second-order valence-electron chi connectivity index (χ2n) is 8.96. The Morgan fingerprint density at radius 2 is 1.74 bits per heavy atom. The van der Waals surface area contributed by atoms with Gasteiger partial charge in [0.05, 0.1) is 0 Å². The highest BCUT2D eigenvalue weighted by Gasteiger charge is 2.24. The number of likely N-dealkylation sites (tertiary alicyclic amines) is 1. The van der Waals surface area contributed by atoms with Gasteiger partial charge in [0.1, 0.15) is 0 Å². The lowest BCUT2D eigenvalue weighted by molar-refractivity contribution is -0.128. The van der Waals surface area contributed by atoms with E-state index in [9.17, 15) is 9.59 Å². The van der Waals surface area contributed by atoms with Gasteiger partial charge in [0.15, 0.2) is 0 Å². The zero-order valence-corrected chi connectivity index (χ0v) is 20.7. The van der Waals surface area contributed by atoms with Crippen LogP contribution in [0.3, 0.4) is 0 Å². The fraction of sp³-hybridized carbons (Fsp3) is 0.333. The summed E-state index contributed by atoms with van der Waals surface area (Å²) in [4.78, 5) is 33.8. The van der Waals surface area contributed by atoms with Crippen LogP contribution in [0.1, 0.15) is 33.6 Å². The number of hydrogen-bond donors (Lipinski definition) is 0. The molecule has 0 N–H and O–H groups in total. The van der Waals surface area contributed by atoms with Gasteiger partial charge in [0.25, 0.3) is 5.91 Å². The van der Waals surface area contributed by atoms with Crippen LogP contribution < -0.4 is 0 Å². The summed E-state index contributed by atoms with van der Waals surface area (Å²) < 4.78 is 0. The van der Waals surface area contributed by atoms with Gasteiger partial charge >= 0.3 is 0 Å². The smallest absolute Gasteiger partial charge is 0.253 e. The van der Waals surface area contributed by atoms with Gasteiger partial charge in [-0.25, -0.2) is 0 Å². The Morgan fingerprint density at radius 1 is 0.912 bits per heavy atom. The van der Waals surface area contributed by atoms with Crippen LogP contribution in [0.25, 0.3) is 10.4 Å². The van der Waals surface area contributed by atoms with Crippen molar-refractivity contribution in [1.29, 1.82) is 0 Å². The lowest BCUT2D eigenvalue weighted by atomic mass is 10.1. The van der Waals surface area contributed by atoms with E-state index in [1.807, 2.05) is 52.3 Å². The minimum atomic E-state index is 0.0774. The van der Waals surface area contributed by atoms with Crippen molar-refractivity contribution in [2.75, 3.05) is 32.7 Å². The molecule has 3 aromatic rings. The molecule has 34 heavy (non-hydrogen) atoms. The first-order valence-electron chi connectivity index (χ1n) is 11.8. The fourth-order valence-electron chi connectivity index (χ4n) is 4.67. The standard InChI is InChI=1S/C27H28ClN3O2S/c28-23-7-2-5-21(17-23)25-10-9-24(34-25)19-29-12-14-30(15-13-29)27(33)22-6-1-4-20(16-22)18-31-11-3-8-26(31)32/h1-2,4-7,9-10,16-17H,3,8,11-15,18-19H2. The number of benzene rings is 2. The Kier molecular flexibility index (Phi) is 6.99. The first-order chi connectivity index (χ1) is 16.5. The summed E-state index contributed by atoms with van der Waals surface area (Å²) in [7, 11) is 0. The molecule has 0 unspecified atom stereocenters. The number of carbonyl (C=O) groups excluding carboxylic acids is 2. The molecule has 7 heteroatoms. The van der Waals surface area contributed by atoms with Gasteiger partial charge in [-0.1, -0.05) is 35.9 Å². The summed E-state index contributed by atoms with van der Waals surface area (Å²) in [6, 6.07) is 20.1. The topological polar surface area (TPSA) is 43.9 Å². The molecule has 0 aliphatic carbocycles. The van der Waals surface area contributed by atoms with Crippen molar-refractivity contribution < 1.29 is 9.59 Å². The molecular weight excluding hydrogens is 466 g/mol. The van der Waals surface area contributed by atoms with Gasteiger partial charge in [-0.3, -0.25) is 14.5 Å². The molecule has 0 bridgehead atoms. The maximum Gasteiger partial charge on any atom is 0.253 e. The lowest BCUT2D eigenvalue weighted by Gasteiger charge is -2.34. The summed E-state index contributed by atoms with van der Waals surface area (Å²) in [6.45, 7) is 5.46. The minimum absolute atomic E-state index is 0.0774. The molecule has 2 aromatic carbocycles. The van der Waals surface area contributed by atoms with Crippen LogP contribution in [-0.2, 0) is 17.9 Å². The Labute approximate surface area is 209 Å². The van der Waals surface area contributed by atoms with E-state index >= 15 is 0 Å². The molecule has 0 radical (unpaired) electrons. The Morgan fingerprint density at radius 3 is 2.50 bits per heavy atom. The average Bonchev–Trinajstić information content (AvgIpc) is 3.48. The molecule has 0 atom stereocenters. The summed E-state index contributed by atoms with van der Waals surface area (Å²) in [5, 5.41) is 0.753. The maximum absolute atomic E-state index is 13.1. The van der Waals surface area contributed by atoms with Crippen molar-refractivity contribution in [3.05, 3.63) is 81.7 Å². The molecule has 5 nitrogen and oxygen atoms in total. The lowest BCUT2D eigenvalue weighted by Crippen LogP contribution is -2.48. The molecule has 0 spiro atoms. The van der Waals surface area contributed by atoms with Crippen LogP contribution in [0.2, 0.25) is 5.02 Å². The summed E-state index contributed by atoms with van der Waals surface area (Å²) in [6.07, 6.45) is 1.56. The second-order valence-corrected chi connectivity index (χ2v) is 10.6. The number of piperazine rings is 1. The van der Waals surface area contributed by atoms with Crippen molar-refractivity contribution in [1.82, 2.24) is 14.7 Å². The van der Waals surface area contributed by atoms with Gasteiger partial charge in [0.2, 0.25) is 5.91 Å². The molecule has 176 valence electrons. The van der Waals surface area contributed by atoms with Crippen molar-refractivity contribution in [3.63, 3.8) is 0 Å². The molecule has 2 fully saturated rings. The average molecular weight is 494 g/mol. The van der Waals surface area contributed by atoms with E-state index in [0.29, 0.717) is 18.5 Å². The maximum atomic E-state index is 13.1. The van der Waals surface area contributed by atoms with Crippen molar-refractivity contribution in [2.24, 2.45) is 0 Å². The highest BCUT2D eigenvalue weighted by atomic mass is 35.5. The molecule has 5 rings (SSSR count). The number of carbonyl (C=O) groups is 2. The van der Waals surface area contributed by atoms with Gasteiger partial charge in [-0.05, 0) is 53.9 Å². The number of nitrogens with zero attached hydrogens (tertiary/aromatic N) is 3. The van der Waals surface area contributed by atoms with E-state index in [1.165, 1.54) is 9.75 Å². The van der Waals surface area contributed by atoms with Crippen molar-refractivity contribution in [2.45, 2.75) is 25.9 Å². The van der Waals surface area contributed by atoms with Gasteiger partial charge in [-0.15, -0.1) is 11.3 Å². The zero-order valence-electron chi connectivity index (χ0n) is 19.1. The normalized spacial score (nSPS) is 16.9. The first kappa shape index (κ1) is 23.1. The van der Waals surface area contributed by atoms with E-state index in [2.05, 4.69) is 23.1 Å². The third-order valence-electron chi connectivity index (χ3n) is 6.53. The van der Waals surface area contributed by atoms with E-state index in [0.717, 1.165) is 61.8 Å². The van der Waals surface area contributed by atoms with Crippen LogP contribution in [0, 0.1) is 0 Å². The van der Waals surface area contributed by atoms with Crippen LogP contribution in [-0.4, -0.2) is 59.2 Å². The molecule has 2 amide bonds. The number of thiophene rings is 1. The van der Waals surface area contributed by atoms with Crippen LogP contribution >= 0.6 is 22.9 Å². The van der Waals surface area contributed by atoms with Gasteiger partial charge in [-0.2, -0.15) is 0 Å². The van der Waals surface area contributed by atoms with Crippen LogP contribution in [0.15, 0.2) is 60.7 Å². The molecule has 2 aliphatic heterocycles. The molecule has 3 heterocycles. The first-order valence-corrected chi connectivity index (χ1v) is 13.0. The summed E-state index contributed by atoms with van der Waals surface area (Å²) in [5.41, 5.74) is 2.88. The largest absolute Gasteiger partial charge is 0.338 e. The minimum Gasteiger partial charge on any atom is -0.338 e. The molecular formula is C27H28ClN3O2S. The third kappa shape index (κ3) is 5.35. The predicted octanol–water partition coefficient (Wildman–Crippen LogP) is 5.15. The van der Waals surface area contributed by atoms with Gasteiger partial charge < -0.3 is 9.80 Å². The van der Waals surface area contributed by atoms with E-state index in [1.54, 1.807) is 11.3 Å². The summed E-state index contributed by atoms with van der Waals surface area (Å²) >= 11 is 7.94. The molecule has 2 aliphatic rings. The number of rotatable bonds is 6. The van der Waals surface area contributed by atoms with E-state index < -0.39 is 0 Å². The SMILES string of the molecule is O=C1CCCN1Cc1cccc(C(=O)N2CCN(Cc3ccc(-c4cccc(Cl)c4)s3)CC2)c1. The molecule has 0 saturated carbocycles. The van der Waals surface area contributed by atoms with Crippen LogP contribution in [0.5, 0.6) is 0 Å². The fourth-order valence-corrected chi connectivity index (χ4v) is 5.90. The zero-order chi connectivity index (χ0) is 23.5. The van der Waals surface area contributed by atoms with Crippen molar-refractivity contribution in [3.8, 4) is 10.4 Å².